The number of rotatable bonds is 2. The Morgan fingerprint density at radius 3 is 2.56 bits per heavy atom. The molecule has 1 saturated heterocycles. The summed E-state index contributed by atoms with van der Waals surface area (Å²) in [7, 11) is 0. The summed E-state index contributed by atoms with van der Waals surface area (Å²) in [5.74, 6) is 0.961. The van der Waals surface area contributed by atoms with Crippen LogP contribution in [0.3, 0.4) is 0 Å². The summed E-state index contributed by atoms with van der Waals surface area (Å²) >= 11 is 0. The monoisotopic (exact) mass is 223 g/mol. The first-order valence-corrected chi connectivity index (χ1v) is 7.25. The number of nitrogens with one attached hydrogen (secondary N) is 1. The fourth-order valence-electron chi connectivity index (χ4n) is 3.96. The molecule has 0 aromatic heterocycles. The van der Waals surface area contributed by atoms with Crippen molar-refractivity contribution in [2.45, 2.75) is 69.5 Å². The van der Waals surface area contributed by atoms with Gasteiger partial charge in [-0.3, -0.25) is 0 Å². The fraction of sp³-hybridized carbons (Fsp3) is 1.00. The van der Waals surface area contributed by atoms with Crippen LogP contribution in [0.4, 0.5) is 0 Å². The molecule has 0 aromatic rings. The van der Waals surface area contributed by atoms with E-state index in [4.69, 9.17) is 4.74 Å². The lowest BCUT2D eigenvalue weighted by molar-refractivity contribution is -0.118. The summed E-state index contributed by atoms with van der Waals surface area (Å²) in [6, 6.07) is 0. The molecule has 1 unspecified atom stereocenters. The van der Waals surface area contributed by atoms with Crippen LogP contribution in [0.25, 0.3) is 0 Å². The van der Waals surface area contributed by atoms with E-state index in [0.717, 1.165) is 19.0 Å². The van der Waals surface area contributed by atoms with E-state index >= 15 is 0 Å². The maximum Gasteiger partial charge on any atom is 0.0810 e. The lowest BCUT2D eigenvalue weighted by Gasteiger charge is -2.40. The zero-order valence-electron chi connectivity index (χ0n) is 10.3. The number of ether oxygens (including phenoxy) is 1. The maximum absolute atomic E-state index is 6.43. The van der Waals surface area contributed by atoms with Gasteiger partial charge in [-0.05, 0) is 25.2 Å². The zero-order chi connectivity index (χ0) is 10.8. The lowest BCUT2D eigenvalue weighted by Crippen LogP contribution is -2.52. The second kappa shape index (κ2) is 4.66. The number of morpholine rings is 1. The highest BCUT2D eigenvalue weighted by Crippen LogP contribution is 2.37. The first-order valence-electron chi connectivity index (χ1n) is 7.25. The fourth-order valence-corrected chi connectivity index (χ4v) is 3.96. The molecular weight excluding hydrogens is 198 g/mol. The van der Waals surface area contributed by atoms with Crippen molar-refractivity contribution < 1.29 is 4.74 Å². The first-order chi connectivity index (χ1) is 7.86. The molecule has 2 nitrogen and oxygen atoms in total. The highest BCUT2D eigenvalue weighted by atomic mass is 16.5. The molecule has 2 heteroatoms. The van der Waals surface area contributed by atoms with Crippen LogP contribution in [-0.2, 0) is 4.74 Å². The van der Waals surface area contributed by atoms with E-state index < -0.39 is 0 Å². The molecule has 2 saturated carbocycles. The minimum atomic E-state index is 0.238. The molecule has 16 heavy (non-hydrogen) atoms. The number of hydrogen-bond acceptors (Lipinski definition) is 2. The molecule has 1 aliphatic heterocycles. The normalized spacial score (nSPS) is 34.9. The molecule has 0 amide bonds. The highest BCUT2D eigenvalue weighted by molar-refractivity contribution is 4.93. The SMILES string of the molecule is C1CCC(CC2CNCC3(CCCC3)O2)C1. The molecule has 92 valence electrons. The van der Waals surface area contributed by atoms with Gasteiger partial charge in [0.1, 0.15) is 0 Å². The number of hydrogen-bond donors (Lipinski definition) is 1. The topological polar surface area (TPSA) is 21.3 Å². The molecule has 1 spiro atoms. The van der Waals surface area contributed by atoms with Crippen molar-refractivity contribution in [2.75, 3.05) is 13.1 Å². The predicted octanol–water partition coefficient (Wildman–Crippen LogP) is 2.87. The maximum atomic E-state index is 6.43. The Labute approximate surface area is 99.1 Å². The van der Waals surface area contributed by atoms with Gasteiger partial charge in [0.25, 0.3) is 0 Å². The van der Waals surface area contributed by atoms with Gasteiger partial charge in [0.2, 0.25) is 0 Å². The van der Waals surface area contributed by atoms with Gasteiger partial charge < -0.3 is 10.1 Å². The van der Waals surface area contributed by atoms with Gasteiger partial charge in [-0.1, -0.05) is 38.5 Å². The van der Waals surface area contributed by atoms with Crippen molar-refractivity contribution in [3.63, 3.8) is 0 Å². The lowest BCUT2D eigenvalue weighted by atomic mass is 9.95. The molecule has 1 heterocycles. The quantitative estimate of drug-likeness (QED) is 0.777. The molecule has 1 atom stereocenters. The van der Waals surface area contributed by atoms with E-state index in [1.807, 2.05) is 0 Å². The third-order valence-corrected chi connectivity index (χ3v) is 4.82. The second-order valence-electron chi connectivity index (χ2n) is 6.15. The average molecular weight is 223 g/mol. The molecule has 2 aliphatic carbocycles. The van der Waals surface area contributed by atoms with Crippen LogP contribution in [-0.4, -0.2) is 24.8 Å². The summed E-state index contributed by atoms with van der Waals surface area (Å²) < 4.78 is 6.43. The van der Waals surface area contributed by atoms with Gasteiger partial charge in [-0.25, -0.2) is 0 Å². The van der Waals surface area contributed by atoms with E-state index in [0.29, 0.717) is 6.10 Å². The summed E-state index contributed by atoms with van der Waals surface area (Å²) in [6.07, 6.45) is 13.0. The second-order valence-corrected chi connectivity index (χ2v) is 6.15. The molecule has 3 fully saturated rings. The smallest absolute Gasteiger partial charge is 0.0810 e. The summed E-state index contributed by atoms with van der Waals surface area (Å²) in [4.78, 5) is 0. The van der Waals surface area contributed by atoms with Crippen molar-refractivity contribution in [3.05, 3.63) is 0 Å². The minimum absolute atomic E-state index is 0.238. The van der Waals surface area contributed by atoms with Crippen molar-refractivity contribution in [2.24, 2.45) is 5.92 Å². The molecule has 3 aliphatic rings. The van der Waals surface area contributed by atoms with E-state index in [1.54, 1.807) is 0 Å². The van der Waals surface area contributed by atoms with E-state index in [1.165, 1.54) is 57.8 Å². The van der Waals surface area contributed by atoms with Crippen molar-refractivity contribution >= 4 is 0 Å². The Bertz CT molecular complexity index is 229. The van der Waals surface area contributed by atoms with Crippen LogP contribution in [0, 0.1) is 5.92 Å². The third kappa shape index (κ3) is 2.28. The van der Waals surface area contributed by atoms with Crippen molar-refractivity contribution in [1.82, 2.24) is 5.32 Å². The van der Waals surface area contributed by atoms with Gasteiger partial charge in [0.15, 0.2) is 0 Å². The largest absolute Gasteiger partial charge is 0.369 e. The summed E-state index contributed by atoms with van der Waals surface area (Å²) in [6.45, 7) is 2.20. The van der Waals surface area contributed by atoms with Gasteiger partial charge >= 0.3 is 0 Å². The molecule has 0 aromatic carbocycles. The van der Waals surface area contributed by atoms with Crippen molar-refractivity contribution in [3.8, 4) is 0 Å². The molecule has 3 rings (SSSR count). The van der Waals surface area contributed by atoms with E-state index in [-0.39, 0.29) is 5.60 Å². The average Bonchev–Trinajstić information content (AvgIpc) is 2.91. The van der Waals surface area contributed by atoms with Crippen LogP contribution in [0.1, 0.15) is 57.8 Å². The zero-order valence-corrected chi connectivity index (χ0v) is 10.3. The molecule has 0 radical (unpaired) electrons. The molecular formula is C14H25NO. The van der Waals surface area contributed by atoms with Crippen LogP contribution in [0.5, 0.6) is 0 Å². The Balaban J connectivity index is 1.55. The predicted molar refractivity (Wildman–Crippen MR) is 65.5 cm³/mol. The van der Waals surface area contributed by atoms with E-state index in [9.17, 15) is 0 Å². The van der Waals surface area contributed by atoms with Crippen LogP contribution in [0.15, 0.2) is 0 Å². The third-order valence-electron chi connectivity index (χ3n) is 4.82. The Hall–Kier alpha value is -0.0800. The highest BCUT2D eigenvalue weighted by Gasteiger charge is 2.40. The van der Waals surface area contributed by atoms with Gasteiger partial charge in [0.05, 0.1) is 11.7 Å². The van der Waals surface area contributed by atoms with Crippen LogP contribution in [0.2, 0.25) is 0 Å². The Kier molecular flexibility index (Phi) is 3.21. The molecule has 0 bridgehead atoms. The van der Waals surface area contributed by atoms with Crippen LogP contribution < -0.4 is 5.32 Å². The standard InChI is InChI=1S/C14H25NO/c1-2-6-12(5-1)9-13-10-15-11-14(16-13)7-3-4-8-14/h12-13,15H,1-11H2. The van der Waals surface area contributed by atoms with Gasteiger partial charge in [-0.2, -0.15) is 0 Å². The Morgan fingerprint density at radius 2 is 1.81 bits per heavy atom. The van der Waals surface area contributed by atoms with Crippen molar-refractivity contribution in [1.29, 1.82) is 0 Å². The Morgan fingerprint density at radius 1 is 1.06 bits per heavy atom. The first kappa shape index (κ1) is 11.0. The minimum Gasteiger partial charge on any atom is -0.369 e. The van der Waals surface area contributed by atoms with Gasteiger partial charge in [0, 0.05) is 13.1 Å². The summed E-state index contributed by atoms with van der Waals surface area (Å²) in [5.41, 5.74) is 0.238. The van der Waals surface area contributed by atoms with Gasteiger partial charge in [-0.15, -0.1) is 0 Å². The molecule has 1 N–H and O–H groups in total. The van der Waals surface area contributed by atoms with E-state index in [2.05, 4.69) is 5.32 Å². The van der Waals surface area contributed by atoms with Crippen LogP contribution >= 0.6 is 0 Å². The summed E-state index contributed by atoms with van der Waals surface area (Å²) in [5, 5.41) is 3.62.